The summed E-state index contributed by atoms with van der Waals surface area (Å²) in [6.45, 7) is 1.58. The normalized spacial score (nSPS) is 21.8. The number of nitrogens with zero attached hydrogens (tertiary/aromatic N) is 3. The van der Waals surface area contributed by atoms with E-state index < -0.39 is 0 Å². The molecule has 134 valence electrons. The van der Waals surface area contributed by atoms with E-state index in [2.05, 4.69) is 10.2 Å². The number of thiophene rings is 1. The van der Waals surface area contributed by atoms with E-state index >= 15 is 0 Å². The quantitative estimate of drug-likeness (QED) is 0.790. The predicted octanol–water partition coefficient (Wildman–Crippen LogP) is 4.47. The van der Waals surface area contributed by atoms with Gasteiger partial charge in [-0.3, -0.25) is 4.79 Å². The van der Waals surface area contributed by atoms with E-state index in [0.717, 1.165) is 43.8 Å². The van der Waals surface area contributed by atoms with Gasteiger partial charge in [0.25, 0.3) is 0 Å². The summed E-state index contributed by atoms with van der Waals surface area (Å²) in [7, 11) is 0. The Morgan fingerprint density at radius 3 is 2.92 bits per heavy atom. The number of rotatable bonds is 5. The third-order valence-corrected chi connectivity index (χ3v) is 6.26. The van der Waals surface area contributed by atoms with Crippen LogP contribution in [0.1, 0.15) is 63.2 Å². The smallest absolute Gasteiger partial charge is 0.248 e. The summed E-state index contributed by atoms with van der Waals surface area (Å²) in [5, 5.41) is 12.4. The molecule has 3 heterocycles. The van der Waals surface area contributed by atoms with Crippen molar-refractivity contribution in [3.8, 4) is 11.5 Å². The van der Waals surface area contributed by atoms with Crippen molar-refractivity contribution in [2.75, 3.05) is 13.1 Å². The summed E-state index contributed by atoms with van der Waals surface area (Å²) in [4.78, 5) is 14.6. The maximum atomic E-state index is 12.6. The minimum Gasteiger partial charge on any atom is -0.420 e. The second kappa shape index (κ2) is 7.68. The Bertz CT molecular complexity index is 691. The molecule has 1 unspecified atom stereocenters. The fraction of sp³-hybridized carbons (Fsp3) is 0.632. The molecule has 4 rings (SSSR count). The Kier molecular flexibility index (Phi) is 5.15. The van der Waals surface area contributed by atoms with Crippen molar-refractivity contribution in [3.05, 3.63) is 22.7 Å². The molecule has 0 spiro atoms. The number of hydrogen-bond acceptors (Lipinski definition) is 5. The highest BCUT2D eigenvalue weighted by molar-refractivity contribution is 7.08. The minimum absolute atomic E-state index is 0.170. The topological polar surface area (TPSA) is 59.2 Å². The zero-order chi connectivity index (χ0) is 17.1. The largest absolute Gasteiger partial charge is 0.420 e. The van der Waals surface area contributed by atoms with Crippen LogP contribution < -0.4 is 0 Å². The minimum atomic E-state index is 0.170. The highest BCUT2D eigenvalue weighted by atomic mass is 32.1. The molecule has 1 saturated heterocycles. The SMILES string of the molecule is O=C(CCC1CCCC1)N1CCCC(c2nnc(-c3ccsc3)o2)C1. The molecule has 0 bridgehead atoms. The van der Waals surface area contributed by atoms with Gasteiger partial charge >= 0.3 is 0 Å². The van der Waals surface area contributed by atoms with Crippen LogP contribution >= 0.6 is 11.3 Å². The van der Waals surface area contributed by atoms with E-state index in [4.69, 9.17) is 4.42 Å². The predicted molar refractivity (Wildman–Crippen MR) is 97.4 cm³/mol. The molecule has 6 heteroatoms. The molecule has 25 heavy (non-hydrogen) atoms. The molecule has 5 nitrogen and oxygen atoms in total. The van der Waals surface area contributed by atoms with Gasteiger partial charge in [-0.15, -0.1) is 10.2 Å². The molecule has 1 aliphatic heterocycles. The third kappa shape index (κ3) is 3.94. The molecule has 2 fully saturated rings. The first kappa shape index (κ1) is 16.8. The number of likely N-dealkylation sites (tertiary alicyclic amines) is 1. The summed E-state index contributed by atoms with van der Waals surface area (Å²) in [6, 6.07) is 1.99. The van der Waals surface area contributed by atoms with Gasteiger partial charge in [0, 0.05) is 30.5 Å². The lowest BCUT2D eigenvalue weighted by atomic mass is 9.96. The Balaban J connectivity index is 1.35. The summed E-state index contributed by atoms with van der Waals surface area (Å²) in [5.74, 6) is 2.50. The summed E-state index contributed by atoms with van der Waals surface area (Å²) in [6.07, 6.45) is 9.08. The first-order valence-electron chi connectivity index (χ1n) is 9.43. The zero-order valence-corrected chi connectivity index (χ0v) is 15.3. The molecule has 1 saturated carbocycles. The molecular formula is C19H25N3O2S. The molecule has 1 amide bonds. The van der Waals surface area contributed by atoms with Crippen LogP contribution in [0.15, 0.2) is 21.2 Å². The van der Waals surface area contributed by atoms with E-state index in [0.29, 0.717) is 24.1 Å². The van der Waals surface area contributed by atoms with Crippen LogP contribution in [-0.4, -0.2) is 34.1 Å². The number of hydrogen-bond donors (Lipinski definition) is 0. The van der Waals surface area contributed by atoms with Crippen molar-refractivity contribution < 1.29 is 9.21 Å². The summed E-state index contributed by atoms with van der Waals surface area (Å²) < 4.78 is 5.88. The molecule has 2 aromatic rings. The summed E-state index contributed by atoms with van der Waals surface area (Å²) >= 11 is 1.62. The molecular weight excluding hydrogens is 334 g/mol. The molecule has 0 aromatic carbocycles. The Labute approximate surface area is 152 Å². The molecule has 2 aliphatic rings. The van der Waals surface area contributed by atoms with Crippen LogP contribution in [0.5, 0.6) is 0 Å². The van der Waals surface area contributed by atoms with Gasteiger partial charge in [0.05, 0.1) is 5.92 Å². The Hall–Kier alpha value is -1.69. The average molecular weight is 359 g/mol. The highest BCUT2D eigenvalue weighted by Crippen LogP contribution is 2.31. The Morgan fingerprint density at radius 2 is 2.12 bits per heavy atom. The first-order chi connectivity index (χ1) is 12.3. The van der Waals surface area contributed by atoms with Crippen LogP contribution in [-0.2, 0) is 4.79 Å². The lowest BCUT2D eigenvalue weighted by molar-refractivity contribution is -0.132. The first-order valence-corrected chi connectivity index (χ1v) is 10.4. The second-order valence-corrected chi connectivity index (χ2v) is 8.11. The number of amides is 1. The van der Waals surface area contributed by atoms with Gasteiger partial charge in [-0.25, -0.2) is 0 Å². The van der Waals surface area contributed by atoms with E-state index in [1.165, 1.54) is 25.7 Å². The maximum absolute atomic E-state index is 12.6. The molecule has 1 aliphatic carbocycles. The number of carbonyl (C=O) groups excluding carboxylic acids is 1. The lowest BCUT2D eigenvalue weighted by Gasteiger charge is -2.31. The maximum Gasteiger partial charge on any atom is 0.248 e. The van der Waals surface area contributed by atoms with E-state index in [-0.39, 0.29) is 5.92 Å². The highest BCUT2D eigenvalue weighted by Gasteiger charge is 2.29. The average Bonchev–Trinajstić information content (AvgIpc) is 3.41. The van der Waals surface area contributed by atoms with Crippen LogP contribution in [0.25, 0.3) is 11.5 Å². The monoisotopic (exact) mass is 359 g/mol. The summed E-state index contributed by atoms with van der Waals surface area (Å²) in [5.41, 5.74) is 0.976. The van der Waals surface area contributed by atoms with Gasteiger partial charge in [-0.05, 0) is 36.6 Å². The second-order valence-electron chi connectivity index (χ2n) is 7.33. The fourth-order valence-electron chi connectivity index (χ4n) is 4.09. The van der Waals surface area contributed by atoms with Crippen LogP contribution in [0, 0.1) is 5.92 Å². The van der Waals surface area contributed by atoms with E-state index in [9.17, 15) is 4.79 Å². The van der Waals surface area contributed by atoms with Crippen molar-refractivity contribution in [2.45, 2.75) is 57.3 Å². The van der Waals surface area contributed by atoms with Crippen molar-refractivity contribution in [1.29, 1.82) is 0 Å². The number of aromatic nitrogens is 2. The molecule has 2 aromatic heterocycles. The molecule has 1 atom stereocenters. The van der Waals surface area contributed by atoms with Gasteiger partial charge in [-0.1, -0.05) is 25.7 Å². The van der Waals surface area contributed by atoms with Gasteiger partial charge in [-0.2, -0.15) is 11.3 Å². The number of piperidine rings is 1. The van der Waals surface area contributed by atoms with Crippen molar-refractivity contribution >= 4 is 17.2 Å². The van der Waals surface area contributed by atoms with Gasteiger partial charge < -0.3 is 9.32 Å². The number of carbonyl (C=O) groups is 1. The van der Waals surface area contributed by atoms with Crippen LogP contribution in [0.4, 0.5) is 0 Å². The van der Waals surface area contributed by atoms with Crippen molar-refractivity contribution in [3.63, 3.8) is 0 Å². The van der Waals surface area contributed by atoms with Crippen LogP contribution in [0.2, 0.25) is 0 Å². The molecule has 0 N–H and O–H groups in total. The van der Waals surface area contributed by atoms with Gasteiger partial charge in [0.1, 0.15) is 0 Å². The van der Waals surface area contributed by atoms with E-state index in [1.54, 1.807) is 11.3 Å². The zero-order valence-electron chi connectivity index (χ0n) is 14.5. The van der Waals surface area contributed by atoms with E-state index in [1.807, 2.05) is 21.7 Å². The third-order valence-electron chi connectivity index (χ3n) is 5.57. The standard InChI is InChI=1S/C19H25N3O2S/c23-17(8-7-14-4-1-2-5-14)22-10-3-6-15(12-22)18-20-21-19(24-18)16-9-11-25-13-16/h9,11,13-15H,1-8,10,12H2. The van der Waals surface area contributed by atoms with Crippen molar-refractivity contribution in [2.24, 2.45) is 5.92 Å². The van der Waals surface area contributed by atoms with Crippen molar-refractivity contribution in [1.82, 2.24) is 15.1 Å². The Morgan fingerprint density at radius 1 is 1.24 bits per heavy atom. The fourth-order valence-corrected chi connectivity index (χ4v) is 4.72. The molecule has 0 radical (unpaired) electrons. The van der Waals surface area contributed by atoms with Crippen LogP contribution in [0.3, 0.4) is 0 Å². The lowest BCUT2D eigenvalue weighted by Crippen LogP contribution is -2.39. The van der Waals surface area contributed by atoms with Gasteiger partial charge in [0.15, 0.2) is 0 Å². The van der Waals surface area contributed by atoms with Gasteiger partial charge in [0.2, 0.25) is 17.7 Å².